The van der Waals surface area contributed by atoms with E-state index < -0.39 is 0 Å². The van der Waals surface area contributed by atoms with Gasteiger partial charge in [0.05, 0.1) is 17.1 Å². The highest BCUT2D eigenvalue weighted by atomic mass is 16.2. The molecule has 0 fully saturated rings. The van der Waals surface area contributed by atoms with Crippen LogP contribution in [0.15, 0.2) is 55.0 Å². The average molecular weight is 373 g/mol. The predicted molar refractivity (Wildman–Crippen MR) is 105 cm³/mol. The van der Waals surface area contributed by atoms with Crippen molar-refractivity contribution in [1.29, 1.82) is 0 Å². The largest absolute Gasteiger partial charge is 0.317 e. The van der Waals surface area contributed by atoms with Crippen molar-refractivity contribution in [2.75, 3.05) is 5.32 Å². The van der Waals surface area contributed by atoms with Crippen molar-refractivity contribution in [2.45, 2.75) is 20.8 Å². The second-order valence-electron chi connectivity index (χ2n) is 6.49. The van der Waals surface area contributed by atoms with E-state index in [1.807, 2.05) is 26.0 Å². The summed E-state index contributed by atoms with van der Waals surface area (Å²) in [6.07, 6.45) is 5.06. The lowest BCUT2D eigenvalue weighted by Gasteiger charge is -2.09. The van der Waals surface area contributed by atoms with Crippen molar-refractivity contribution in [3.8, 4) is 11.5 Å². The van der Waals surface area contributed by atoms with Gasteiger partial charge < -0.3 is 5.32 Å². The molecule has 0 bridgehead atoms. The van der Waals surface area contributed by atoms with Gasteiger partial charge in [-0.2, -0.15) is 15.0 Å². The number of nitrogens with one attached hydrogen (secondary N) is 1. The molecule has 140 valence electrons. The lowest BCUT2D eigenvalue weighted by molar-refractivity contribution is 0.102. The number of nitrogens with zero attached hydrogens (tertiary/aromatic N) is 6. The minimum Gasteiger partial charge on any atom is -0.317 e. The SMILES string of the molecule is Cc1ccc(-n2nc(C)c(C(=O)Nc3cccnc3-n3cccn3)n2)c(C)c1. The summed E-state index contributed by atoms with van der Waals surface area (Å²) in [6.45, 7) is 5.79. The molecule has 0 aliphatic rings. The maximum absolute atomic E-state index is 12.9. The molecule has 28 heavy (non-hydrogen) atoms. The topological polar surface area (TPSA) is 90.5 Å². The molecule has 0 spiro atoms. The van der Waals surface area contributed by atoms with Crippen LogP contribution in [0.2, 0.25) is 0 Å². The number of benzene rings is 1. The molecule has 1 aromatic carbocycles. The average Bonchev–Trinajstić information content (AvgIpc) is 3.32. The van der Waals surface area contributed by atoms with E-state index in [0.29, 0.717) is 17.2 Å². The lowest BCUT2D eigenvalue weighted by Crippen LogP contribution is -2.16. The number of amides is 1. The van der Waals surface area contributed by atoms with E-state index in [-0.39, 0.29) is 11.6 Å². The van der Waals surface area contributed by atoms with E-state index in [0.717, 1.165) is 16.8 Å². The maximum atomic E-state index is 12.9. The Kier molecular flexibility index (Phi) is 4.44. The zero-order chi connectivity index (χ0) is 19.7. The van der Waals surface area contributed by atoms with Gasteiger partial charge in [-0.1, -0.05) is 17.7 Å². The highest BCUT2D eigenvalue weighted by molar-refractivity contribution is 6.04. The van der Waals surface area contributed by atoms with Gasteiger partial charge in [-0.05, 0) is 50.6 Å². The van der Waals surface area contributed by atoms with Gasteiger partial charge in [-0.15, -0.1) is 5.10 Å². The Balaban J connectivity index is 1.65. The molecular weight excluding hydrogens is 354 g/mol. The first-order valence-electron chi connectivity index (χ1n) is 8.81. The van der Waals surface area contributed by atoms with Gasteiger partial charge in [0, 0.05) is 18.6 Å². The minimum absolute atomic E-state index is 0.259. The maximum Gasteiger partial charge on any atom is 0.278 e. The van der Waals surface area contributed by atoms with E-state index in [1.54, 1.807) is 48.4 Å². The molecule has 4 aromatic rings. The van der Waals surface area contributed by atoms with Gasteiger partial charge in [0.1, 0.15) is 0 Å². The molecule has 8 heteroatoms. The minimum atomic E-state index is -0.352. The molecular formula is C20H19N7O. The van der Waals surface area contributed by atoms with Gasteiger partial charge in [0.2, 0.25) is 0 Å². The van der Waals surface area contributed by atoms with Gasteiger partial charge in [-0.3, -0.25) is 4.79 Å². The number of carbonyl (C=O) groups is 1. The van der Waals surface area contributed by atoms with Crippen LogP contribution < -0.4 is 5.32 Å². The van der Waals surface area contributed by atoms with E-state index in [4.69, 9.17) is 0 Å². The third-order valence-electron chi connectivity index (χ3n) is 4.32. The molecule has 1 amide bonds. The van der Waals surface area contributed by atoms with Crippen molar-refractivity contribution in [3.05, 3.63) is 77.5 Å². The van der Waals surface area contributed by atoms with Crippen LogP contribution in [0, 0.1) is 20.8 Å². The predicted octanol–water partition coefficient (Wildman–Crippen LogP) is 3.03. The molecule has 0 saturated heterocycles. The second-order valence-corrected chi connectivity index (χ2v) is 6.49. The molecule has 0 aliphatic heterocycles. The van der Waals surface area contributed by atoms with E-state index in [9.17, 15) is 4.79 Å². The number of aryl methyl sites for hydroxylation is 3. The Morgan fingerprint density at radius 3 is 2.64 bits per heavy atom. The molecule has 0 radical (unpaired) electrons. The number of anilines is 1. The fourth-order valence-electron chi connectivity index (χ4n) is 2.98. The normalized spacial score (nSPS) is 10.8. The number of hydrogen-bond acceptors (Lipinski definition) is 5. The van der Waals surface area contributed by atoms with Gasteiger partial charge in [-0.25, -0.2) is 9.67 Å². The highest BCUT2D eigenvalue weighted by Gasteiger charge is 2.19. The Morgan fingerprint density at radius 2 is 1.89 bits per heavy atom. The third kappa shape index (κ3) is 3.27. The quantitative estimate of drug-likeness (QED) is 0.594. The summed E-state index contributed by atoms with van der Waals surface area (Å²) in [4.78, 5) is 18.7. The summed E-state index contributed by atoms with van der Waals surface area (Å²) in [5, 5.41) is 15.9. The van der Waals surface area contributed by atoms with E-state index >= 15 is 0 Å². The van der Waals surface area contributed by atoms with Crippen LogP contribution in [-0.4, -0.2) is 35.7 Å². The Hall–Kier alpha value is -3.81. The molecule has 3 aromatic heterocycles. The molecule has 3 heterocycles. The van der Waals surface area contributed by atoms with Crippen molar-refractivity contribution in [1.82, 2.24) is 29.8 Å². The second kappa shape index (κ2) is 7.07. The summed E-state index contributed by atoms with van der Waals surface area (Å²) in [5.74, 6) is 0.176. The van der Waals surface area contributed by atoms with E-state index in [2.05, 4.69) is 31.7 Å². The first-order chi connectivity index (χ1) is 13.5. The van der Waals surface area contributed by atoms with Crippen LogP contribution >= 0.6 is 0 Å². The van der Waals surface area contributed by atoms with Crippen molar-refractivity contribution in [2.24, 2.45) is 0 Å². The van der Waals surface area contributed by atoms with Gasteiger partial charge in [0.25, 0.3) is 5.91 Å². The van der Waals surface area contributed by atoms with Crippen molar-refractivity contribution >= 4 is 11.6 Å². The fraction of sp³-hybridized carbons (Fsp3) is 0.150. The number of rotatable bonds is 4. The summed E-state index contributed by atoms with van der Waals surface area (Å²) < 4.78 is 1.59. The first kappa shape index (κ1) is 17.6. The lowest BCUT2D eigenvalue weighted by atomic mass is 10.1. The molecule has 0 unspecified atom stereocenters. The number of aromatic nitrogens is 6. The Bertz CT molecular complexity index is 1150. The van der Waals surface area contributed by atoms with Crippen LogP contribution in [0.3, 0.4) is 0 Å². The van der Waals surface area contributed by atoms with Crippen LogP contribution in [0.25, 0.3) is 11.5 Å². The van der Waals surface area contributed by atoms with Crippen LogP contribution in [0.4, 0.5) is 5.69 Å². The van der Waals surface area contributed by atoms with E-state index in [1.165, 1.54) is 4.80 Å². The molecule has 1 N–H and O–H groups in total. The van der Waals surface area contributed by atoms with Crippen LogP contribution in [0.5, 0.6) is 0 Å². The Labute approximate surface area is 161 Å². The molecule has 4 rings (SSSR count). The summed E-state index contributed by atoms with van der Waals surface area (Å²) in [5.41, 5.74) is 4.38. The summed E-state index contributed by atoms with van der Waals surface area (Å²) >= 11 is 0. The third-order valence-corrected chi connectivity index (χ3v) is 4.32. The zero-order valence-corrected chi connectivity index (χ0v) is 15.8. The summed E-state index contributed by atoms with van der Waals surface area (Å²) in [7, 11) is 0. The van der Waals surface area contributed by atoms with Crippen LogP contribution in [-0.2, 0) is 0 Å². The summed E-state index contributed by atoms with van der Waals surface area (Å²) in [6, 6.07) is 11.3. The van der Waals surface area contributed by atoms with Crippen molar-refractivity contribution in [3.63, 3.8) is 0 Å². The zero-order valence-electron chi connectivity index (χ0n) is 15.8. The molecule has 0 aliphatic carbocycles. The van der Waals surface area contributed by atoms with Gasteiger partial charge in [0.15, 0.2) is 11.5 Å². The number of pyridine rings is 1. The monoisotopic (exact) mass is 373 g/mol. The van der Waals surface area contributed by atoms with Gasteiger partial charge >= 0.3 is 0 Å². The highest BCUT2D eigenvalue weighted by Crippen LogP contribution is 2.19. The molecule has 0 atom stereocenters. The van der Waals surface area contributed by atoms with Crippen LogP contribution in [0.1, 0.15) is 27.3 Å². The smallest absolute Gasteiger partial charge is 0.278 e. The number of carbonyl (C=O) groups excluding carboxylic acids is 1. The molecule has 8 nitrogen and oxygen atoms in total. The first-order valence-corrected chi connectivity index (χ1v) is 8.81. The Morgan fingerprint density at radius 1 is 1.04 bits per heavy atom. The number of hydrogen-bond donors (Lipinski definition) is 1. The molecule has 0 saturated carbocycles. The fourth-order valence-corrected chi connectivity index (χ4v) is 2.98. The van der Waals surface area contributed by atoms with Crippen molar-refractivity contribution < 1.29 is 4.79 Å². The standard InChI is InChI=1S/C20H19N7O/c1-13-7-8-17(14(2)12-13)27-24-15(3)18(25-27)20(28)23-16-6-4-9-21-19(16)26-11-5-10-22-26/h4-12H,1-3H3,(H,23,28).